The zero-order chi connectivity index (χ0) is 13.7. The maximum absolute atomic E-state index is 11.6. The summed E-state index contributed by atoms with van der Waals surface area (Å²) in [6.07, 6.45) is 2.31. The number of nitrogens with one attached hydrogen (secondary N) is 1. The Hall–Kier alpha value is -1.10. The van der Waals surface area contributed by atoms with Crippen LogP contribution in [-0.2, 0) is 9.59 Å². The largest absolute Gasteiger partial charge is 0.481 e. The average molecular weight is 256 g/mol. The number of nitrogens with zero attached hydrogens (tertiary/aromatic N) is 1. The number of rotatable bonds is 5. The van der Waals surface area contributed by atoms with Crippen LogP contribution in [0.4, 0.5) is 0 Å². The van der Waals surface area contributed by atoms with E-state index < -0.39 is 5.97 Å². The van der Waals surface area contributed by atoms with Crippen molar-refractivity contribution in [2.24, 2.45) is 11.8 Å². The predicted octanol–water partition coefficient (Wildman–Crippen LogP) is 0.944. The summed E-state index contributed by atoms with van der Waals surface area (Å²) in [5, 5.41) is 11.5. The van der Waals surface area contributed by atoms with E-state index in [1.54, 1.807) is 7.05 Å². The van der Waals surface area contributed by atoms with Gasteiger partial charge in [0.15, 0.2) is 0 Å². The minimum absolute atomic E-state index is 0.0292. The van der Waals surface area contributed by atoms with E-state index in [0.29, 0.717) is 5.92 Å². The average Bonchev–Trinajstić information content (AvgIpc) is 2.36. The molecular formula is C13H24N2O3. The van der Waals surface area contributed by atoms with E-state index in [0.717, 1.165) is 25.9 Å². The fourth-order valence-corrected chi connectivity index (χ4v) is 2.67. The molecule has 0 aliphatic carbocycles. The van der Waals surface area contributed by atoms with Crippen molar-refractivity contribution in [1.82, 2.24) is 10.2 Å². The van der Waals surface area contributed by atoms with Crippen molar-refractivity contribution in [1.29, 1.82) is 0 Å². The van der Waals surface area contributed by atoms with Gasteiger partial charge in [-0.25, -0.2) is 0 Å². The molecular weight excluding hydrogens is 232 g/mol. The molecule has 0 radical (unpaired) electrons. The smallest absolute Gasteiger partial charge is 0.303 e. The molecule has 104 valence electrons. The van der Waals surface area contributed by atoms with Gasteiger partial charge in [-0.15, -0.1) is 0 Å². The lowest BCUT2D eigenvalue weighted by molar-refractivity contribution is -0.138. The van der Waals surface area contributed by atoms with Gasteiger partial charge in [0.05, 0.1) is 6.04 Å². The highest BCUT2D eigenvalue weighted by Gasteiger charge is 2.30. The van der Waals surface area contributed by atoms with Crippen LogP contribution >= 0.6 is 0 Å². The third-order valence-electron chi connectivity index (χ3n) is 3.96. The zero-order valence-electron chi connectivity index (χ0n) is 11.5. The molecule has 1 fully saturated rings. The van der Waals surface area contributed by atoms with Gasteiger partial charge in [0.2, 0.25) is 5.91 Å². The molecule has 3 unspecified atom stereocenters. The monoisotopic (exact) mass is 256 g/mol. The lowest BCUT2D eigenvalue weighted by Crippen LogP contribution is -2.49. The van der Waals surface area contributed by atoms with Crippen molar-refractivity contribution in [3.8, 4) is 0 Å². The molecule has 2 N–H and O–H groups in total. The number of likely N-dealkylation sites (tertiary alicyclic amines) is 1. The highest BCUT2D eigenvalue weighted by Crippen LogP contribution is 2.27. The number of carbonyl (C=O) groups is 2. The van der Waals surface area contributed by atoms with Crippen LogP contribution in [0, 0.1) is 11.8 Å². The van der Waals surface area contributed by atoms with Crippen molar-refractivity contribution in [3.63, 3.8) is 0 Å². The molecule has 18 heavy (non-hydrogen) atoms. The molecule has 5 heteroatoms. The standard InChI is InChI=1S/C13H24N2O3/c1-9(7-12(16)17)11-5-4-6-15(8-11)10(2)13(18)14-3/h9-11H,4-8H2,1-3H3,(H,14,18)(H,16,17). The number of hydrogen-bond donors (Lipinski definition) is 2. The summed E-state index contributed by atoms with van der Waals surface area (Å²) in [5.41, 5.74) is 0. The Balaban J connectivity index is 2.55. The first-order valence-electron chi connectivity index (χ1n) is 6.63. The third kappa shape index (κ3) is 3.98. The summed E-state index contributed by atoms with van der Waals surface area (Å²) in [7, 11) is 1.65. The number of carboxylic acids is 1. The predicted molar refractivity (Wildman–Crippen MR) is 69.2 cm³/mol. The van der Waals surface area contributed by atoms with Gasteiger partial charge < -0.3 is 10.4 Å². The van der Waals surface area contributed by atoms with Gasteiger partial charge in [-0.05, 0) is 38.1 Å². The molecule has 0 aromatic heterocycles. The topological polar surface area (TPSA) is 69.6 Å². The van der Waals surface area contributed by atoms with Crippen LogP contribution in [0.1, 0.15) is 33.1 Å². The van der Waals surface area contributed by atoms with Crippen LogP contribution in [0.2, 0.25) is 0 Å². The van der Waals surface area contributed by atoms with E-state index in [1.165, 1.54) is 0 Å². The Morgan fingerprint density at radius 1 is 1.44 bits per heavy atom. The highest BCUT2D eigenvalue weighted by atomic mass is 16.4. The van der Waals surface area contributed by atoms with Gasteiger partial charge in [-0.1, -0.05) is 6.92 Å². The SMILES string of the molecule is CNC(=O)C(C)N1CCCC(C(C)CC(=O)O)C1. The molecule has 1 rings (SSSR count). The molecule has 1 amide bonds. The summed E-state index contributed by atoms with van der Waals surface area (Å²) in [4.78, 5) is 24.5. The van der Waals surface area contributed by atoms with Gasteiger partial charge >= 0.3 is 5.97 Å². The Morgan fingerprint density at radius 3 is 2.67 bits per heavy atom. The number of carboxylic acid groups (broad SMARTS) is 1. The van der Waals surface area contributed by atoms with Crippen LogP contribution in [-0.4, -0.2) is 48.1 Å². The summed E-state index contributed by atoms with van der Waals surface area (Å²) in [6.45, 7) is 5.64. The van der Waals surface area contributed by atoms with Crippen molar-refractivity contribution in [2.45, 2.75) is 39.2 Å². The molecule has 1 aliphatic heterocycles. The van der Waals surface area contributed by atoms with Gasteiger partial charge in [-0.3, -0.25) is 14.5 Å². The number of hydrogen-bond acceptors (Lipinski definition) is 3. The van der Waals surface area contributed by atoms with E-state index in [2.05, 4.69) is 10.2 Å². The lowest BCUT2D eigenvalue weighted by Gasteiger charge is -2.38. The maximum Gasteiger partial charge on any atom is 0.303 e. The fraction of sp³-hybridized carbons (Fsp3) is 0.846. The second-order valence-corrected chi connectivity index (χ2v) is 5.26. The molecule has 3 atom stereocenters. The van der Waals surface area contributed by atoms with Gasteiger partial charge in [0, 0.05) is 20.0 Å². The van der Waals surface area contributed by atoms with Crippen molar-refractivity contribution < 1.29 is 14.7 Å². The maximum atomic E-state index is 11.6. The normalized spacial score (nSPS) is 24.3. The minimum atomic E-state index is -0.737. The van der Waals surface area contributed by atoms with Crippen LogP contribution in [0.5, 0.6) is 0 Å². The van der Waals surface area contributed by atoms with Crippen LogP contribution in [0.3, 0.4) is 0 Å². The minimum Gasteiger partial charge on any atom is -0.481 e. The molecule has 1 aliphatic rings. The number of carbonyl (C=O) groups excluding carboxylic acids is 1. The summed E-state index contributed by atoms with van der Waals surface area (Å²) < 4.78 is 0. The molecule has 0 bridgehead atoms. The Bertz CT molecular complexity index is 307. The third-order valence-corrected chi connectivity index (χ3v) is 3.96. The summed E-state index contributed by atoms with van der Waals surface area (Å²) >= 11 is 0. The molecule has 1 heterocycles. The number of likely N-dealkylation sites (N-methyl/N-ethyl adjacent to an activating group) is 1. The summed E-state index contributed by atoms with van der Waals surface area (Å²) in [5.74, 6) is -0.162. The molecule has 5 nitrogen and oxygen atoms in total. The fourth-order valence-electron chi connectivity index (χ4n) is 2.67. The van der Waals surface area contributed by atoms with E-state index in [9.17, 15) is 9.59 Å². The number of piperidine rings is 1. The first-order chi connectivity index (χ1) is 8.45. The molecule has 1 saturated heterocycles. The van der Waals surface area contributed by atoms with Gasteiger partial charge in [0.25, 0.3) is 0 Å². The first kappa shape index (κ1) is 15.0. The van der Waals surface area contributed by atoms with E-state index >= 15 is 0 Å². The summed E-state index contributed by atoms with van der Waals surface area (Å²) in [6, 6.07) is -0.130. The molecule has 0 aromatic carbocycles. The zero-order valence-corrected chi connectivity index (χ0v) is 11.5. The number of aliphatic carboxylic acids is 1. The van der Waals surface area contributed by atoms with Crippen LogP contribution < -0.4 is 5.32 Å². The second kappa shape index (κ2) is 6.73. The van der Waals surface area contributed by atoms with Crippen molar-refractivity contribution in [2.75, 3.05) is 20.1 Å². The molecule has 0 spiro atoms. The van der Waals surface area contributed by atoms with Gasteiger partial charge in [-0.2, -0.15) is 0 Å². The second-order valence-electron chi connectivity index (χ2n) is 5.26. The van der Waals surface area contributed by atoms with Crippen LogP contribution in [0.15, 0.2) is 0 Å². The van der Waals surface area contributed by atoms with Crippen LogP contribution in [0.25, 0.3) is 0 Å². The first-order valence-corrected chi connectivity index (χ1v) is 6.63. The van der Waals surface area contributed by atoms with Gasteiger partial charge in [0.1, 0.15) is 0 Å². The Morgan fingerprint density at radius 2 is 2.11 bits per heavy atom. The van der Waals surface area contributed by atoms with Crippen molar-refractivity contribution in [3.05, 3.63) is 0 Å². The Labute approximate surface area is 109 Å². The quantitative estimate of drug-likeness (QED) is 0.768. The Kier molecular flexibility index (Phi) is 5.59. The molecule has 0 saturated carbocycles. The van der Waals surface area contributed by atoms with E-state index in [-0.39, 0.29) is 24.3 Å². The van der Waals surface area contributed by atoms with E-state index in [4.69, 9.17) is 5.11 Å². The highest BCUT2D eigenvalue weighted by molar-refractivity contribution is 5.80. The lowest BCUT2D eigenvalue weighted by atomic mass is 9.84. The van der Waals surface area contributed by atoms with E-state index in [1.807, 2.05) is 13.8 Å². The molecule has 0 aromatic rings. The number of amides is 1. The van der Waals surface area contributed by atoms with Crippen molar-refractivity contribution >= 4 is 11.9 Å².